The van der Waals surface area contributed by atoms with Crippen LogP contribution < -0.4 is 4.74 Å². The van der Waals surface area contributed by atoms with E-state index in [0.717, 1.165) is 26.0 Å². The molecule has 4 nitrogen and oxygen atoms in total. The molecule has 104 valence electrons. The molecule has 0 radical (unpaired) electrons. The van der Waals surface area contributed by atoms with Gasteiger partial charge in [-0.1, -0.05) is 12.5 Å². The minimum Gasteiger partial charge on any atom is -0.490 e. The molecule has 1 aliphatic carbocycles. The van der Waals surface area contributed by atoms with E-state index in [9.17, 15) is 14.3 Å². The summed E-state index contributed by atoms with van der Waals surface area (Å²) in [6.45, 7) is 0.510. The van der Waals surface area contributed by atoms with E-state index in [0.29, 0.717) is 12.5 Å². The molecule has 1 saturated carbocycles. The van der Waals surface area contributed by atoms with Gasteiger partial charge in [-0.25, -0.2) is 9.18 Å². The van der Waals surface area contributed by atoms with E-state index in [1.165, 1.54) is 18.6 Å². The zero-order valence-electron chi connectivity index (χ0n) is 10.8. The highest BCUT2D eigenvalue weighted by molar-refractivity contribution is 5.76. The van der Waals surface area contributed by atoms with Crippen molar-refractivity contribution in [3.8, 4) is 5.75 Å². The number of hydrogen-bond donors (Lipinski definition) is 1. The predicted molar refractivity (Wildman–Crippen MR) is 66.2 cm³/mol. The summed E-state index contributed by atoms with van der Waals surface area (Å²) >= 11 is 0. The van der Waals surface area contributed by atoms with Crippen LogP contribution in [0.4, 0.5) is 4.39 Å². The van der Waals surface area contributed by atoms with Crippen molar-refractivity contribution in [2.45, 2.75) is 25.4 Å². The van der Waals surface area contributed by atoms with Crippen LogP contribution in [0.15, 0.2) is 18.2 Å². The summed E-state index contributed by atoms with van der Waals surface area (Å²) in [4.78, 5) is 11.1. The Balaban J connectivity index is 2.01. The highest BCUT2D eigenvalue weighted by atomic mass is 19.1. The topological polar surface area (TPSA) is 55.8 Å². The lowest BCUT2D eigenvalue weighted by Crippen LogP contribution is -2.19. The molecule has 0 heterocycles. The Bertz CT molecular complexity index is 457. The molecule has 1 atom stereocenters. The van der Waals surface area contributed by atoms with Gasteiger partial charge in [-0.3, -0.25) is 0 Å². The maximum absolute atomic E-state index is 13.8. The first-order valence-electron chi connectivity index (χ1n) is 6.30. The first kappa shape index (κ1) is 13.8. The fourth-order valence-electron chi connectivity index (χ4n) is 1.92. The summed E-state index contributed by atoms with van der Waals surface area (Å²) in [5.74, 6) is -0.741. The number of carbonyl (C=O) groups excluding carboxylic acids is 1. The molecule has 0 amide bonds. The zero-order valence-corrected chi connectivity index (χ0v) is 10.8. The van der Waals surface area contributed by atoms with E-state index in [2.05, 4.69) is 4.74 Å². The van der Waals surface area contributed by atoms with Gasteiger partial charge in [0.25, 0.3) is 0 Å². The lowest BCUT2D eigenvalue weighted by atomic mass is 9.86. The van der Waals surface area contributed by atoms with Crippen molar-refractivity contribution < 1.29 is 23.8 Å². The maximum atomic E-state index is 13.8. The number of methoxy groups -OCH3 is 1. The first-order valence-corrected chi connectivity index (χ1v) is 6.30. The molecule has 1 fully saturated rings. The quantitative estimate of drug-likeness (QED) is 0.832. The van der Waals surface area contributed by atoms with Gasteiger partial charge in [-0.2, -0.15) is 0 Å². The third-order valence-electron chi connectivity index (χ3n) is 3.40. The Morgan fingerprint density at radius 2 is 2.26 bits per heavy atom. The molecule has 0 saturated heterocycles. The van der Waals surface area contributed by atoms with Gasteiger partial charge in [0.1, 0.15) is 0 Å². The van der Waals surface area contributed by atoms with E-state index in [-0.39, 0.29) is 11.3 Å². The monoisotopic (exact) mass is 268 g/mol. The molecule has 1 aromatic carbocycles. The lowest BCUT2D eigenvalue weighted by molar-refractivity contribution is -0.150. The number of esters is 1. The normalized spacial score (nSPS) is 16.6. The molecule has 1 aliphatic rings. The molecule has 0 bridgehead atoms. The number of aliphatic hydroxyl groups is 1. The Morgan fingerprint density at radius 3 is 2.79 bits per heavy atom. The van der Waals surface area contributed by atoms with Crippen LogP contribution in [0.25, 0.3) is 0 Å². The van der Waals surface area contributed by atoms with Crippen LogP contribution in [-0.2, 0) is 9.53 Å². The molecule has 1 aromatic rings. The largest absolute Gasteiger partial charge is 0.490 e. The van der Waals surface area contributed by atoms with E-state index < -0.39 is 17.9 Å². The Morgan fingerprint density at radius 1 is 1.53 bits per heavy atom. The molecule has 0 aliphatic heterocycles. The Kier molecular flexibility index (Phi) is 4.37. The zero-order chi connectivity index (χ0) is 13.8. The molecular formula is C14H17FO4. The van der Waals surface area contributed by atoms with Gasteiger partial charge in [0.2, 0.25) is 0 Å². The van der Waals surface area contributed by atoms with Crippen LogP contribution in [0.2, 0.25) is 0 Å². The second-order valence-corrected chi connectivity index (χ2v) is 4.72. The predicted octanol–water partition coefficient (Wildman–Crippen LogP) is 2.21. The molecule has 0 spiro atoms. The van der Waals surface area contributed by atoms with Crippen LogP contribution in [0.3, 0.4) is 0 Å². The average Bonchev–Trinajstić information content (AvgIpc) is 2.36. The van der Waals surface area contributed by atoms with Gasteiger partial charge in [0.05, 0.1) is 13.7 Å². The summed E-state index contributed by atoms with van der Waals surface area (Å²) in [6.07, 6.45) is 1.99. The first-order chi connectivity index (χ1) is 9.11. The van der Waals surface area contributed by atoms with Gasteiger partial charge in [-0.05, 0) is 36.5 Å². The summed E-state index contributed by atoms with van der Waals surface area (Å²) < 4.78 is 23.5. The average molecular weight is 268 g/mol. The number of halogens is 1. The van der Waals surface area contributed by atoms with Crippen molar-refractivity contribution in [3.63, 3.8) is 0 Å². The molecule has 5 heteroatoms. The van der Waals surface area contributed by atoms with Crippen molar-refractivity contribution in [3.05, 3.63) is 29.6 Å². The molecule has 1 unspecified atom stereocenters. The highest BCUT2D eigenvalue weighted by Gasteiger charge is 2.21. The van der Waals surface area contributed by atoms with Crippen LogP contribution in [-0.4, -0.2) is 24.8 Å². The van der Waals surface area contributed by atoms with Gasteiger partial charge in [0.15, 0.2) is 17.7 Å². The molecule has 19 heavy (non-hydrogen) atoms. The summed E-state index contributed by atoms with van der Waals surface area (Å²) in [5, 5.41) is 9.59. The maximum Gasteiger partial charge on any atom is 0.339 e. The standard InChI is InChI=1S/C14H17FO4/c1-18-14(17)13(16)10-5-6-12(11(15)7-10)19-8-9-3-2-4-9/h5-7,9,13,16H,2-4,8H2,1H3. The fourth-order valence-corrected chi connectivity index (χ4v) is 1.92. The summed E-state index contributed by atoms with van der Waals surface area (Å²) in [5.41, 5.74) is 0.153. The highest BCUT2D eigenvalue weighted by Crippen LogP contribution is 2.28. The number of carbonyl (C=O) groups is 1. The summed E-state index contributed by atoms with van der Waals surface area (Å²) in [6, 6.07) is 3.98. The van der Waals surface area contributed by atoms with Crippen molar-refractivity contribution in [2.75, 3.05) is 13.7 Å². The van der Waals surface area contributed by atoms with E-state index in [1.807, 2.05) is 0 Å². The van der Waals surface area contributed by atoms with Gasteiger partial charge >= 0.3 is 5.97 Å². The Hall–Kier alpha value is -1.62. The van der Waals surface area contributed by atoms with Crippen LogP contribution in [0.1, 0.15) is 30.9 Å². The minimum atomic E-state index is -1.47. The van der Waals surface area contributed by atoms with Crippen molar-refractivity contribution in [1.29, 1.82) is 0 Å². The third kappa shape index (κ3) is 3.23. The number of rotatable bonds is 5. The van der Waals surface area contributed by atoms with Crippen LogP contribution in [0, 0.1) is 11.7 Å². The number of hydrogen-bond acceptors (Lipinski definition) is 4. The van der Waals surface area contributed by atoms with Crippen molar-refractivity contribution >= 4 is 5.97 Å². The van der Waals surface area contributed by atoms with Gasteiger partial charge in [-0.15, -0.1) is 0 Å². The second-order valence-electron chi connectivity index (χ2n) is 4.72. The molecule has 0 aromatic heterocycles. The van der Waals surface area contributed by atoms with Crippen molar-refractivity contribution in [2.24, 2.45) is 5.92 Å². The minimum absolute atomic E-state index is 0.146. The second kappa shape index (κ2) is 6.02. The van der Waals surface area contributed by atoms with E-state index >= 15 is 0 Å². The van der Waals surface area contributed by atoms with Crippen molar-refractivity contribution in [1.82, 2.24) is 0 Å². The SMILES string of the molecule is COC(=O)C(O)c1ccc(OCC2CCC2)c(F)c1. The number of benzene rings is 1. The summed E-state index contributed by atoms with van der Waals surface area (Å²) in [7, 11) is 1.16. The van der Waals surface area contributed by atoms with Gasteiger partial charge < -0.3 is 14.6 Å². The number of aliphatic hydroxyl groups excluding tert-OH is 1. The Labute approximate surface area is 111 Å². The van der Waals surface area contributed by atoms with E-state index in [4.69, 9.17) is 4.74 Å². The smallest absolute Gasteiger partial charge is 0.339 e. The van der Waals surface area contributed by atoms with Gasteiger partial charge in [0, 0.05) is 0 Å². The lowest BCUT2D eigenvalue weighted by Gasteiger charge is -2.25. The third-order valence-corrected chi connectivity index (χ3v) is 3.40. The molecule has 1 N–H and O–H groups in total. The molecular weight excluding hydrogens is 251 g/mol. The van der Waals surface area contributed by atoms with Crippen LogP contribution in [0.5, 0.6) is 5.75 Å². The molecule has 2 rings (SSSR count). The van der Waals surface area contributed by atoms with Crippen LogP contribution >= 0.6 is 0 Å². The fraction of sp³-hybridized carbons (Fsp3) is 0.500. The van der Waals surface area contributed by atoms with E-state index in [1.54, 1.807) is 0 Å². The number of ether oxygens (including phenoxy) is 2.